The fraction of sp³-hybridized carbons (Fsp3) is 0.519. The average molecular weight is 1280 g/mol. The number of allylic oxidation sites excluding steroid dienone is 12. The van der Waals surface area contributed by atoms with E-state index >= 15 is 0 Å². The second kappa shape index (κ2) is 26.3. The number of benzene rings is 4. The van der Waals surface area contributed by atoms with Crippen molar-refractivity contribution < 1.29 is 20.8 Å². The summed E-state index contributed by atoms with van der Waals surface area (Å²) in [6.07, 6.45) is 23.9. The van der Waals surface area contributed by atoms with Crippen molar-refractivity contribution >= 4 is 38.7 Å². The summed E-state index contributed by atoms with van der Waals surface area (Å²) >= 11 is -0.826. The van der Waals surface area contributed by atoms with Gasteiger partial charge in [0.25, 0.3) is 0 Å². The van der Waals surface area contributed by atoms with Crippen LogP contribution in [0, 0.1) is 66.1 Å². The second-order valence-electron chi connectivity index (χ2n) is 32.9. The first-order valence-corrected chi connectivity index (χ1v) is 43.6. The summed E-state index contributed by atoms with van der Waals surface area (Å²) in [5.74, 6) is 3.33. The summed E-state index contributed by atoms with van der Waals surface area (Å²) in [6.45, 7) is 54.0. The van der Waals surface area contributed by atoms with Gasteiger partial charge in [-0.25, -0.2) is 0 Å². The molecule has 0 amide bonds. The maximum atomic E-state index is 4.93. The quantitative estimate of drug-likeness (QED) is 0.133. The fourth-order valence-electron chi connectivity index (χ4n) is 15.5. The molecule has 0 radical (unpaired) electrons. The van der Waals surface area contributed by atoms with Crippen LogP contribution in [0.25, 0.3) is 27.8 Å². The maximum absolute atomic E-state index is 4.93. The van der Waals surface area contributed by atoms with E-state index in [1.54, 1.807) is 38.6 Å². The molecule has 6 aliphatic rings. The Hall–Kier alpha value is -2.78. The molecule has 2 saturated carbocycles. The Morgan fingerprint density at radius 2 is 1.07 bits per heavy atom. The molecule has 8 atom stereocenters. The molecular weight excluding hydrogens is 1170 g/mol. The van der Waals surface area contributed by atoms with Crippen LogP contribution in [0.2, 0.25) is 37.3 Å². The second-order valence-corrected chi connectivity index (χ2v) is 46.4. The van der Waals surface area contributed by atoms with Gasteiger partial charge < -0.3 is 14.9 Å². The molecule has 2 fully saturated rings. The first kappa shape index (κ1) is 72.0. The molecule has 0 aromatic heterocycles. The van der Waals surface area contributed by atoms with Crippen LogP contribution in [0.5, 0.6) is 0 Å². The summed E-state index contributed by atoms with van der Waals surface area (Å²) in [5, 5.41) is 1.62. The van der Waals surface area contributed by atoms with E-state index < -0.39 is 37.0 Å². The van der Waals surface area contributed by atoms with Crippen LogP contribution in [-0.4, -0.2) is 16.1 Å². The van der Waals surface area contributed by atoms with Crippen molar-refractivity contribution in [3.63, 3.8) is 0 Å². The Kier molecular flexibility index (Phi) is 22.6. The molecule has 10 rings (SSSR count). The Balaban J connectivity index is 0.000000284. The normalized spacial score (nSPS) is 23.7. The van der Waals surface area contributed by atoms with E-state index in [1.165, 1.54) is 58.2 Å². The van der Waals surface area contributed by atoms with E-state index in [0.717, 1.165) is 23.4 Å². The van der Waals surface area contributed by atoms with Gasteiger partial charge in [-0.05, 0) is 165 Å². The monoisotopic (exact) mass is 1280 g/mol. The topological polar surface area (TPSA) is 0 Å². The van der Waals surface area contributed by atoms with Crippen LogP contribution in [0.3, 0.4) is 0 Å². The van der Waals surface area contributed by atoms with Gasteiger partial charge in [-0.1, -0.05) is 303 Å². The van der Waals surface area contributed by atoms with Crippen molar-refractivity contribution in [1.29, 1.82) is 0 Å². The first-order chi connectivity index (χ1) is 37.4. The molecule has 0 spiro atoms. The zero-order chi connectivity index (χ0) is 59.8. The first-order valence-electron chi connectivity index (χ1n) is 31.1. The molecule has 0 saturated heterocycles. The minimum absolute atomic E-state index is 0. The van der Waals surface area contributed by atoms with Crippen LogP contribution in [0.4, 0.5) is 0 Å². The summed E-state index contributed by atoms with van der Waals surface area (Å²) in [7, 11) is 6.27. The number of rotatable bonds is 6. The van der Waals surface area contributed by atoms with Crippen LogP contribution >= 0.6 is 17.0 Å². The van der Waals surface area contributed by atoms with Gasteiger partial charge in [-0.3, -0.25) is 0 Å². The van der Waals surface area contributed by atoms with Crippen molar-refractivity contribution in [3.8, 4) is 22.3 Å². The predicted molar refractivity (Wildman–Crippen MR) is 380 cm³/mol. The van der Waals surface area contributed by atoms with Crippen molar-refractivity contribution in [3.05, 3.63) is 198 Å². The SMILES string of the molecule is C.CC(C)(C)C1=CC([Si](C)(C)C2c3cc(C(C)(C)C)ccc3-c3c(-c4ccccc4)cc(C(C)(C)C)cc32)=CC1.CC(C)(C)C1=CC2C(C=C1)C1C(c3ccccc3)=CC(C(C)(C)C)=CC1C2[Si](C)(C)C1CCC(C(C)(C)C)C1.[CH3-].[CH3-].[Cl][Zr+2][Cl]. The molecule has 0 heterocycles. The van der Waals surface area contributed by atoms with E-state index in [-0.39, 0.29) is 49.4 Å². The number of fused-ring (bicyclic) bond motifs is 6. The molecule has 0 bridgehead atoms. The van der Waals surface area contributed by atoms with Gasteiger partial charge in [-0.2, -0.15) is 0 Å². The summed E-state index contributed by atoms with van der Waals surface area (Å²) in [4.78, 5) is 0. The fourth-order valence-corrected chi connectivity index (χ4v) is 23.9. The number of hydrogen-bond acceptors (Lipinski definition) is 0. The number of hydrogen-bond donors (Lipinski definition) is 0. The summed E-state index contributed by atoms with van der Waals surface area (Å²) < 4.78 is 0. The Morgan fingerprint density at radius 1 is 0.536 bits per heavy atom. The Bertz CT molecular complexity index is 3120. The molecule has 456 valence electrons. The standard InChI is InChI=1S/C38H56Si.C38H48Si.CH4.2CH3.2ClH.Zr/c2*1-36(2,3)26-17-19-29(21-26)39(10,11)35-32-22-27(37(4,5)6)18-20-30(32)34-31(25-15-13-12-14-16-25)23-28(24-33(34)35)38(7,8)9;;;;;;/h12-16,18,20,22-24,26,29-30,32-35H,17,19,21H2,1-11H3;12-16,18-24,35H,17H2,1-11H3;1H4;2*1H3;2*1H;/q;;;2*-1;;;+4/p-2. The molecule has 6 aliphatic carbocycles. The van der Waals surface area contributed by atoms with Crippen LogP contribution < -0.4 is 0 Å². The third-order valence-corrected chi connectivity index (χ3v) is 29.7. The Labute approximate surface area is 538 Å². The van der Waals surface area contributed by atoms with Crippen molar-refractivity contribution in [2.75, 3.05) is 0 Å². The van der Waals surface area contributed by atoms with Crippen LogP contribution in [0.15, 0.2) is 155 Å². The predicted octanol–water partition coefficient (Wildman–Crippen LogP) is 25.4. The van der Waals surface area contributed by atoms with Gasteiger partial charge in [0, 0.05) is 5.54 Å². The van der Waals surface area contributed by atoms with E-state index in [4.69, 9.17) is 17.0 Å². The van der Waals surface area contributed by atoms with Gasteiger partial charge >= 0.3 is 37.9 Å². The van der Waals surface area contributed by atoms with E-state index in [2.05, 4.69) is 284 Å². The van der Waals surface area contributed by atoms with Crippen molar-refractivity contribution in [2.45, 2.75) is 211 Å². The molecule has 0 N–H and O–H groups in total. The van der Waals surface area contributed by atoms with Crippen molar-refractivity contribution in [1.82, 2.24) is 0 Å². The van der Waals surface area contributed by atoms with Crippen LogP contribution in [0.1, 0.15) is 191 Å². The summed E-state index contributed by atoms with van der Waals surface area (Å²) in [6, 6.07) is 34.9. The van der Waals surface area contributed by atoms with Gasteiger partial charge in [0.05, 0.1) is 16.1 Å². The average Bonchev–Trinajstić information content (AvgIpc) is 1.80. The van der Waals surface area contributed by atoms with Gasteiger partial charge in [0.15, 0.2) is 0 Å². The molecule has 4 aromatic rings. The van der Waals surface area contributed by atoms with E-state index in [1.807, 2.05) is 0 Å². The van der Waals surface area contributed by atoms with E-state index in [0.29, 0.717) is 34.6 Å². The number of halogens is 2. The molecule has 8 unspecified atom stereocenters. The zero-order valence-electron chi connectivity index (χ0n) is 56.4. The third-order valence-electron chi connectivity index (χ3n) is 20.7. The Morgan fingerprint density at radius 3 is 1.57 bits per heavy atom. The van der Waals surface area contributed by atoms with Crippen molar-refractivity contribution in [2.24, 2.45) is 51.2 Å². The van der Waals surface area contributed by atoms with Gasteiger partial charge in [0.2, 0.25) is 0 Å². The van der Waals surface area contributed by atoms with Gasteiger partial charge in [-0.15, -0.1) is 0 Å². The summed E-state index contributed by atoms with van der Waals surface area (Å²) in [5.41, 5.74) is 22.7. The molecule has 0 aliphatic heterocycles. The molecule has 5 heteroatoms. The molecule has 0 nitrogen and oxygen atoms in total. The zero-order valence-corrected chi connectivity index (χ0v) is 62.4. The van der Waals surface area contributed by atoms with Gasteiger partial charge in [0.1, 0.15) is 0 Å². The molecular formula is C79H114Cl2Si2Zr. The van der Waals surface area contributed by atoms with Crippen LogP contribution in [-0.2, 0) is 31.7 Å². The minimum atomic E-state index is -1.96. The molecule has 84 heavy (non-hydrogen) atoms. The molecule has 4 aromatic carbocycles. The third kappa shape index (κ3) is 14.8. The van der Waals surface area contributed by atoms with E-state index in [9.17, 15) is 0 Å².